The van der Waals surface area contributed by atoms with E-state index in [4.69, 9.17) is 17.0 Å². The topological polar surface area (TPSA) is 53.6 Å². The molecule has 122 valence electrons. The number of ether oxygens (including phenoxy) is 1. The van der Waals surface area contributed by atoms with Crippen molar-refractivity contribution in [3.63, 3.8) is 0 Å². The third-order valence-electron chi connectivity index (χ3n) is 3.05. The molecule has 1 aromatic rings. The summed E-state index contributed by atoms with van der Waals surface area (Å²) in [6.07, 6.45) is 3.09. The fourth-order valence-electron chi connectivity index (χ4n) is 1.76. The molecule has 0 atom stereocenters. The van der Waals surface area contributed by atoms with Crippen LogP contribution in [-0.2, 0) is 9.53 Å². The zero-order valence-electron chi connectivity index (χ0n) is 13.5. The van der Waals surface area contributed by atoms with Gasteiger partial charge in [-0.2, -0.15) is 0 Å². The number of nitrogens with one attached hydrogen (secondary N) is 2. The van der Waals surface area contributed by atoms with E-state index in [1.54, 1.807) is 0 Å². The van der Waals surface area contributed by atoms with Crippen LogP contribution in [0.3, 0.4) is 0 Å². The maximum atomic E-state index is 11.5. The Balaban J connectivity index is 2.26. The molecule has 0 amide bonds. The zero-order chi connectivity index (χ0) is 16.4. The van der Waals surface area contributed by atoms with Gasteiger partial charge in [-0.25, -0.2) is 0 Å². The molecule has 0 fully saturated rings. The summed E-state index contributed by atoms with van der Waals surface area (Å²) in [4.78, 5) is 13.5. The van der Waals surface area contributed by atoms with Crippen molar-refractivity contribution in [1.82, 2.24) is 5.32 Å². The highest BCUT2D eigenvalue weighted by Gasteiger charge is 2.04. The van der Waals surface area contributed by atoms with Gasteiger partial charge in [-0.1, -0.05) is 19.8 Å². The molecular weight excluding hydrogens is 298 g/mol. The van der Waals surface area contributed by atoms with E-state index < -0.39 is 0 Å². The van der Waals surface area contributed by atoms with Crippen LogP contribution in [0.15, 0.2) is 24.3 Å². The van der Waals surface area contributed by atoms with Crippen LogP contribution in [0.2, 0.25) is 0 Å². The molecule has 0 radical (unpaired) electrons. The van der Waals surface area contributed by atoms with Crippen molar-refractivity contribution >= 4 is 34.7 Å². The van der Waals surface area contributed by atoms with Gasteiger partial charge < -0.3 is 20.3 Å². The highest BCUT2D eigenvalue weighted by atomic mass is 32.1. The molecule has 1 aromatic carbocycles. The van der Waals surface area contributed by atoms with E-state index in [9.17, 15) is 4.79 Å². The number of anilines is 2. The Labute approximate surface area is 138 Å². The summed E-state index contributed by atoms with van der Waals surface area (Å²) in [5.74, 6) is -0.289. The number of thiocarbonyl (C=S) groups is 1. The van der Waals surface area contributed by atoms with Crippen molar-refractivity contribution in [3.05, 3.63) is 24.3 Å². The molecule has 22 heavy (non-hydrogen) atoms. The van der Waals surface area contributed by atoms with Gasteiger partial charge in [-0.3, -0.25) is 4.79 Å². The summed E-state index contributed by atoms with van der Waals surface area (Å²) in [5.41, 5.74) is 1.99. The van der Waals surface area contributed by atoms with Gasteiger partial charge in [0.25, 0.3) is 0 Å². The summed E-state index contributed by atoms with van der Waals surface area (Å²) >= 11 is 5.15. The van der Waals surface area contributed by atoms with Gasteiger partial charge in [0.2, 0.25) is 0 Å². The van der Waals surface area contributed by atoms with E-state index in [1.165, 1.54) is 0 Å². The normalized spacial score (nSPS) is 9.95. The van der Waals surface area contributed by atoms with Crippen LogP contribution in [0.5, 0.6) is 0 Å². The summed E-state index contributed by atoms with van der Waals surface area (Å²) in [6, 6.07) is 7.86. The van der Waals surface area contributed by atoms with E-state index in [1.807, 2.05) is 43.3 Å². The Bertz CT molecular complexity index is 475. The fraction of sp³-hybridized carbons (Fsp3) is 0.500. The maximum absolute atomic E-state index is 11.5. The van der Waals surface area contributed by atoms with Gasteiger partial charge in [-0.15, -0.1) is 0 Å². The molecular formula is C16H25N3O2S. The quantitative estimate of drug-likeness (QED) is 0.436. The minimum absolute atomic E-state index is 0.0771. The molecule has 6 heteroatoms. The summed E-state index contributed by atoms with van der Waals surface area (Å²) in [6.45, 7) is 2.66. The monoisotopic (exact) mass is 323 g/mol. The molecule has 0 bridgehead atoms. The highest BCUT2D eigenvalue weighted by Crippen LogP contribution is 2.15. The van der Waals surface area contributed by atoms with Gasteiger partial charge in [-0.05, 0) is 42.9 Å². The molecule has 0 unspecified atom stereocenters. The fourth-order valence-corrected chi connectivity index (χ4v) is 1.95. The van der Waals surface area contributed by atoms with Gasteiger partial charge in [0.15, 0.2) is 5.11 Å². The number of benzene rings is 1. The number of hydrogen-bond donors (Lipinski definition) is 2. The lowest BCUT2D eigenvalue weighted by Gasteiger charge is -2.14. The number of nitrogens with zero attached hydrogens (tertiary/aromatic N) is 1. The average molecular weight is 323 g/mol. The van der Waals surface area contributed by atoms with Crippen molar-refractivity contribution < 1.29 is 9.53 Å². The first-order valence-corrected chi connectivity index (χ1v) is 7.91. The Morgan fingerprint density at radius 2 is 1.91 bits per heavy atom. The lowest BCUT2D eigenvalue weighted by Crippen LogP contribution is -2.34. The van der Waals surface area contributed by atoms with Crippen LogP contribution in [-0.4, -0.2) is 38.3 Å². The minimum Gasteiger partial charge on any atom is -0.464 e. The molecule has 0 saturated heterocycles. The van der Waals surface area contributed by atoms with E-state index in [2.05, 4.69) is 17.6 Å². The van der Waals surface area contributed by atoms with Crippen LogP contribution in [0, 0.1) is 0 Å². The molecule has 0 saturated carbocycles. The highest BCUT2D eigenvalue weighted by molar-refractivity contribution is 7.80. The first kappa shape index (κ1) is 18.2. The number of rotatable bonds is 8. The average Bonchev–Trinajstić information content (AvgIpc) is 2.50. The molecule has 0 spiro atoms. The van der Waals surface area contributed by atoms with Crippen molar-refractivity contribution in [3.8, 4) is 0 Å². The molecule has 5 nitrogen and oxygen atoms in total. The molecule has 1 rings (SSSR count). The Hall–Kier alpha value is -1.82. The van der Waals surface area contributed by atoms with E-state index in [0.717, 1.165) is 30.6 Å². The number of carbonyl (C=O) groups is 1. The SMILES string of the molecule is CCCCCOC(=O)CNC(=S)Nc1ccc(N(C)C)cc1. The second-order valence-electron chi connectivity index (χ2n) is 5.18. The predicted octanol–water partition coefficient (Wildman–Crippen LogP) is 2.77. The van der Waals surface area contributed by atoms with Crippen LogP contribution in [0.4, 0.5) is 11.4 Å². The van der Waals surface area contributed by atoms with Crippen molar-refractivity contribution in [2.75, 3.05) is 37.5 Å². The summed E-state index contributed by atoms with van der Waals surface area (Å²) < 4.78 is 5.09. The predicted molar refractivity (Wildman–Crippen MR) is 95.5 cm³/mol. The Kier molecular flexibility index (Phi) is 8.28. The standard InChI is InChI=1S/C16H25N3O2S/c1-4-5-6-11-21-15(20)12-17-16(22)18-13-7-9-14(10-8-13)19(2)3/h7-10H,4-6,11-12H2,1-3H3,(H2,17,18,22). The van der Waals surface area contributed by atoms with Crippen LogP contribution in [0.1, 0.15) is 26.2 Å². The van der Waals surface area contributed by atoms with Gasteiger partial charge in [0.05, 0.1) is 6.61 Å². The number of unbranched alkanes of at least 4 members (excludes halogenated alkanes) is 2. The lowest BCUT2D eigenvalue weighted by atomic mass is 10.2. The molecule has 0 heterocycles. The summed E-state index contributed by atoms with van der Waals surface area (Å²) in [5, 5.41) is 6.28. The number of esters is 1. The maximum Gasteiger partial charge on any atom is 0.325 e. The molecule has 2 N–H and O–H groups in total. The minimum atomic E-state index is -0.289. The van der Waals surface area contributed by atoms with Crippen LogP contribution in [0.25, 0.3) is 0 Å². The first-order chi connectivity index (χ1) is 10.5. The molecule has 0 aliphatic rings. The zero-order valence-corrected chi connectivity index (χ0v) is 14.3. The molecule has 0 aliphatic carbocycles. The summed E-state index contributed by atoms with van der Waals surface area (Å²) in [7, 11) is 3.97. The van der Waals surface area contributed by atoms with Gasteiger partial charge in [0, 0.05) is 25.5 Å². The van der Waals surface area contributed by atoms with Gasteiger partial charge >= 0.3 is 5.97 Å². The largest absolute Gasteiger partial charge is 0.464 e. The van der Waals surface area contributed by atoms with E-state index in [0.29, 0.717) is 11.7 Å². The lowest BCUT2D eigenvalue weighted by molar-refractivity contribution is -0.142. The van der Waals surface area contributed by atoms with Gasteiger partial charge in [0.1, 0.15) is 6.54 Å². The molecule has 0 aliphatic heterocycles. The number of carbonyl (C=O) groups excluding carboxylic acids is 1. The van der Waals surface area contributed by atoms with Crippen molar-refractivity contribution in [2.24, 2.45) is 0 Å². The van der Waals surface area contributed by atoms with E-state index in [-0.39, 0.29) is 12.5 Å². The number of hydrogen-bond acceptors (Lipinski definition) is 4. The smallest absolute Gasteiger partial charge is 0.325 e. The third kappa shape index (κ3) is 7.26. The Morgan fingerprint density at radius 1 is 1.23 bits per heavy atom. The van der Waals surface area contributed by atoms with Crippen molar-refractivity contribution in [2.45, 2.75) is 26.2 Å². The first-order valence-electron chi connectivity index (χ1n) is 7.50. The second-order valence-corrected chi connectivity index (χ2v) is 5.58. The molecule has 0 aromatic heterocycles. The third-order valence-corrected chi connectivity index (χ3v) is 3.29. The second kappa shape index (κ2) is 10.00. The van der Waals surface area contributed by atoms with Crippen LogP contribution >= 0.6 is 12.2 Å². The van der Waals surface area contributed by atoms with Crippen LogP contribution < -0.4 is 15.5 Å². The van der Waals surface area contributed by atoms with Crippen molar-refractivity contribution in [1.29, 1.82) is 0 Å². The van der Waals surface area contributed by atoms with E-state index >= 15 is 0 Å². The Morgan fingerprint density at radius 3 is 2.50 bits per heavy atom.